The van der Waals surface area contributed by atoms with Crippen molar-refractivity contribution in [2.45, 2.75) is 33.2 Å². The van der Waals surface area contributed by atoms with Crippen LogP contribution in [-0.4, -0.2) is 63.9 Å². The van der Waals surface area contributed by atoms with Gasteiger partial charge in [0.15, 0.2) is 0 Å². The van der Waals surface area contributed by atoms with Crippen LogP contribution in [0.25, 0.3) is 11.3 Å². The summed E-state index contributed by atoms with van der Waals surface area (Å²) in [6.45, 7) is 7.16. The Morgan fingerprint density at radius 2 is 1.65 bits per heavy atom. The van der Waals surface area contributed by atoms with Crippen LogP contribution < -0.4 is 0 Å². The molecule has 2 saturated heterocycles. The number of hydrogen-bond donors (Lipinski definition) is 0. The Morgan fingerprint density at radius 1 is 0.968 bits per heavy atom. The molecule has 162 valence electrons. The zero-order chi connectivity index (χ0) is 22.0. The number of carbonyl (C=O) groups excluding carboxylic acids is 3. The average Bonchev–Trinajstić information content (AvgIpc) is 3.08. The number of pyridine rings is 1. The maximum atomic E-state index is 12.3. The standard InChI is InChI=1S/C23H26N4O4/c1-16-5-3-4-6-19(16)20-8-7-18(17(2)24-20)15-25-11-13-26(14-12-25)23(30)31-27-21(28)9-10-22(27)29/h3-8H,9-15H2,1-2H3. The number of aryl methyl sites for hydroxylation is 2. The molecule has 0 N–H and O–H groups in total. The van der Waals surface area contributed by atoms with Crippen LogP contribution in [0.2, 0.25) is 0 Å². The van der Waals surface area contributed by atoms with Gasteiger partial charge in [-0.2, -0.15) is 0 Å². The number of hydroxylamine groups is 2. The third-order valence-electron chi connectivity index (χ3n) is 5.82. The van der Waals surface area contributed by atoms with Crippen molar-refractivity contribution in [1.82, 2.24) is 19.8 Å². The van der Waals surface area contributed by atoms with E-state index in [-0.39, 0.29) is 12.8 Å². The van der Waals surface area contributed by atoms with Crippen LogP contribution in [0.15, 0.2) is 36.4 Å². The van der Waals surface area contributed by atoms with Crippen molar-refractivity contribution in [2.75, 3.05) is 26.2 Å². The van der Waals surface area contributed by atoms with Gasteiger partial charge in [0, 0.05) is 56.8 Å². The first-order valence-electron chi connectivity index (χ1n) is 10.5. The highest BCUT2D eigenvalue weighted by molar-refractivity contribution is 6.01. The van der Waals surface area contributed by atoms with Crippen LogP contribution in [0.1, 0.15) is 29.7 Å². The molecule has 0 bridgehead atoms. The highest BCUT2D eigenvalue weighted by Gasteiger charge is 2.34. The number of rotatable bonds is 4. The fourth-order valence-corrected chi connectivity index (χ4v) is 3.89. The number of imide groups is 1. The van der Waals surface area contributed by atoms with Gasteiger partial charge in [-0.05, 0) is 31.0 Å². The van der Waals surface area contributed by atoms with E-state index in [1.165, 1.54) is 10.5 Å². The van der Waals surface area contributed by atoms with E-state index in [1.807, 2.05) is 19.1 Å². The first-order chi connectivity index (χ1) is 14.9. The number of carbonyl (C=O) groups is 3. The summed E-state index contributed by atoms with van der Waals surface area (Å²) in [7, 11) is 0. The fraction of sp³-hybridized carbons (Fsp3) is 0.391. The normalized spacial score (nSPS) is 17.4. The van der Waals surface area contributed by atoms with Crippen molar-refractivity contribution in [3.63, 3.8) is 0 Å². The summed E-state index contributed by atoms with van der Waals surface area (Å²) < 4.78 is 0. The quantitative estimate of drug-likeness (QED) is 0.705. The molecule has 2 fully saturated rings. The predicted molar refractivity (Wildman–Crippen MR) is 114 cm³/mol. The Bertz CT molecular complexity index is 998. The second kappa shape index (κ2) is 8.85. The van der Waals surface area contributed by atoms with E-state index >= 15 is 0 Å². The van der Waals surface area contributed by atoms with Crippen LogP contribution >= 0.6 is 0 Å². The van der Waals surface area contributed by atoms with Gasteiger partial charge in [-0.15, -0.1) is 5.06 Å². The van der Waals surface area contributed by atoms with E-state index in [9.17, 15) is 14.4 Å². The van der Waals surface area contributed by atoms with Gasteiger partial charge in [0.1, 0.15) is 0 Å². The monoisotopic (exact) mass is 422 g/mol. The van der Waals surface area contributed by atoms with E-state index in [0.29, 0.717) is 31.2 Å². The molecule has 4 rings (SSSR count). The number of benzene rings is 1. The predicted octanol–water partition coefficient (Wildman–Crippen LogP) is 2.68. The van der Waals surface area contributed by atoms with Gasteiger partial charge >= 0.3 is 6.09 Å². The molecule has 0 unspecified atom stereocenters. The number of piperazine rings is 1. The zero-order valence-corrected chi connectivity index (χ0v) is 17.8. The van der Waals surface area contributed by atoms with Crippen LogP contribution in [0, 0.1) is 13.8 Å². The van der Waals surface area contributed by atoms with Gasteiger partial charge in [0.25, 0.3) is 11.8 Å². The molecule has 0 aliphatic carbocycles. The van der Waals surface area contributed by atoms with Gasteiger partial charge in [0.2, 0.25) is 0 Å². The molecule has 1 aromatic carbocycles. The minimum atomic E-state index is -0.649. The van der Waals surface area contributed by atoms with Crippen molar-refractivity contribution in [2.24, 2.45) is 0 Å². The molecule has 3 amide bonds. The van der Waals surface area contributed by atoms with Crippen molar-refractivity contribution in [1.29, 1.82) is 0 Å². The molecule has 0 radical (unpaired) electrons. The van der Waals surface area contributed by atoms with Crippen molar-refractivity contribution in [3.05, 3.63) is 53.2 Å². The number of amides is 3. The number of aromatic nitrogens is 1. The Morgan fingerprint density at radius 3 is 2.29 bits per heavy atom. The minimum Gasteiger partial charge on any atom is -0.311 e. The van der Waals surface area contributed by atoms with Crippen LogP contribution in [0.3, 0.4) is 0 Å². The lowest BCUT2D eigenvalue weighted by Crippen LogP contribution is -2.50. The van der Waals surface area contributed by atoms with Gasteiger partial charge in [-0.1, -0.05) is 30.3 Å². The summed E-state index contributed by atoms with van der Waals surface area (Å²) in [6.07, 6.45) is -0.463. The molecule has 0 atom stereocenters. The highest BCUT2D eigenvalue weighted by atomic mass is 16.7. The van der Waals surface area contributed by atoms with E-state index in [2.05, 4.69) is 36.1 Å². The van der Waals surface area contributed by atoms with Crippen LogP contribution in [0.4, 0.5) is 4.79 Å². The lowest BCUT2D eigenvalue weighted by Gasteiger charge is -2.34. The summed E-state index contributed by atoms with van der Waals surface area (Å²) >= 11 is 0. The summed E-state index contributed by atoms with van der Waals surface area (Å²) in [5, 5.41) is 0.597. The van der Waals surface area contributed by atoms with Crippen LogP contribution in [-0.2, 0) is 21.0 Å². The lowest BCUT2D eigenvalue weighted by molar-refractivity contribution is -0.174. The molecule has 1 aromatic heterocycles. The third-order valence-corrected chi connectivity index (χ3v) is 5.82. The summed E-state index contributed by atoms with van der Waals surface area (Å²) in [5.41, 5.74) is 5.45. The fourth-order valence-electron chi connectivity index (χ4n) is 3.89. The number of hydrogen-bond acceptors (Lipinski definition) is 6. The largest absolute Gasteiger partial charge is 0.434 e. The van der Waals surface area contributed by atoms with Gasteiger partial charge < -0.3 is 9.74 Å². The first-order valence-corrected chi connectivity index (χ1v) is 10.5. The average molecular weight is 422 g/mol. The van der Waals surface area contributed by atoms with E-state index < -0.39 is 17.9 Å². The van der Waals surface area contributed by atoms with E-state index in [4.69, 9.17) is 9.82 Å². The molecule has 31 heavy (non-hydrogen) atoms. The van der Waals surface area contributed by atoms with Gasteiger partial charge in [0.05, 0.1) is 5.69 Å². The molecule has 2 aliphatic heterocycles. The lowest BCUT2D eigenvalue weighted by atomic mass is 10.0. The second-order valence-electron chi connectivity index (χ2n) is 7.96. The maximum absolute atomic E-state index is 12.3. The second-order valence-corrected chi connectivity index (χ2v) is 7.96. The number of nitrogens with zero attached hydrogens (tertiary/aromatic N) is 4. The van der Waals surface area contributed by atoms with Gasteiger partial charge in [-0.3, -0.25) is 19.5 Å². The molecule has 0 saturated carbocycles. The molecular weight excluding hydrogens is 396 g/mol. The van der Waals surface area contributed by atoms with Crippen LogP contribution in [0.5, 0.6) is 0 Å². The molecule has 0 spiro atoms. The molecule has 8 heteroatoms. The van der Waals surface area contributed by atoms with Crippen molar-refractivity contribution in [3.8, 4) is 11.3 Å². The SMILES string of the molecule is Cc1ccccc1-c1ccc(CN2CCN(C(=O)ON3C(=O)CCC3=O)CC2)c(C)n1. The molecule has 3 heterocycles. The third kappa shape index (κ3) is 4.59. The first kappa shape index (κ1) is 21.0. The Labute approximate surface area is 181 Å². The van der Waals surface area contributed by atoms with E-state index in [1.54, 1.807) is 0 Å². The topological polar surface area (TPSA) is 83.0 Å². The molecule has 2 aromatic rings. The van der Waals surface area contributed by atoms with Crippen molar-refractivity contribution < 1.29 is 19.2 Å². The molecular formula is C23H26N4O4. The maximum Gasteiger partial charge on any atom is 0.434 e. The van der Waals surface area contributed by atoms with Gasteiger partial charge in [-0.25, -0.2) is 4.79 Å². The van der Waals surface area contributed by atoms with E-state index in [0.717, 1.165) is 29.1 Å². The Hall–Kier alpha value is -3.26. The smallest absolute Gasteiger partial charge is 0.311 e. The molecule has 8 nitrogen and oxygen atoms in total. The van der Waals surface area contributed by atoms with Crippen molar-refractivity contribution >= 4 is 17.9 Å². The Balaban J connectivity index is 1.33. The molecule has 2 aliphatic rings. The zero-order valence-electron chi connectivity index (χ0n) is 17.8. The highest BCUT2D eigenvalue weighted by Crippen LogP contribution is 2.23. The summed E-state index contributed by atoms with van der Waals surface area (Å²) in [6, 6.07) is 12.4. The minimum absolute atomic E-state index is 0.0932. The Kier molecular flexibility index (Phi) is 5.99. The summed E-state index contributed by atoms with van der Waals surface area (Å²) in [4.78, 5) is 49.1. The summed E-state index contributed by atoms with van der Waals surface area (Å²) in [5.74, 6) is -0.928.